The van der Waals surface area contributed by atoms with E-state index in [0.29, 0.717) is 12.1 Å². The normalized spacial score (nSPS) is 10.5. The first-order valence-corrected chi connectivity index (χ1v) is 8.16. The Morgan fingerprint density at radius 2 is 2.00 bits per heavy atom. The van der Waals surface area contributed by atoms with Crippen molar-refractivity contribution >= 4 is 49.1 Å². The molecule has 0 saturated carbocycles. The van der Waals surface area contributed by atoms with Crippen molar-refractivity contribution in [2.45, 2.75) is 19.9 Å². The van der Waals surface area contributed by atoms with E-state index in [1.165, 1.54) is 4.88 Å². The van der Waals surface area contributed by atoms with Crippen LogP contribution in [0.1, 0.15) is 27.2 Å². The molecule has 0 aliphatic rings. The van der Waals surface area contributed by atoms with Gasteiger partial charge in [-0.05, 0) is 24.6 Å². The zero-order valence-electron chi connectivity index (χ0n) is 10.2. The molecule has 2 aromatic rings. The molecule has 0 aliphatic carbocycles. The molecule has 1 aromatic carbocycles. The second-order valence-corrected chi connectivity index (χ2v) is 6.95. The van der Waals surface area contributed by atoms with E-state index in [2.05, 4.69) is 49.1 Å². The highest BCUT2D eigenvalue weighted by atomic mass is 79.9. The third kappa shape index (κ3) is 4.12. The molecular weight excluding hydrogens is 392 g/mol. The molecule has 1 aromatic heterocycles. The largest absolute Gasteiger partial charge is 0.346 e. The molecule has 1 heterocycles. The first-order chi connectivity index (χ1) is 9.08. The van der Waals surface area contributed by atoms with Crippen LogP contribution < -0.4 is 5.32 Å². The van der Waals surface area contributed by atoms with Crippen molar-refractivity contribution in [3.63, 3.8) is 0 Å². The Bertz CT molecular complexity index is 578. The number of nitrogens with zero attached hydrogens (tertiary/aromatic N) is 1. The minimum absolute atomic E-state index is 0.102. The van der Waals surface area contributed by atoms with Gasteiger partial charge in [0.2, 0.25) is 0 Å². The maximum atomic E-state index is 12.0. The fraction of sp³-hybridized carbons (Fsp3) is 0.231. The number of carbonyl (C=O) groups excluding carboxylic acids is 1. The van der Waals surface area contributed by atoms with Gasteiger partial charge in [-0.1, -0.05) is 38.8 Å². The molecule has 0 radical (unpaired) electrons. The Morgan fingerprint density at radius 3 is 2.58 bits per heavy atom. The number of aromatic nitrogens is 1. The first-order valence-electron chi connectivity index (χ1n) is 5.76. The topological polar surface area (TPSA) is 42.0 Å². The fourth-order valence-electron chi connectivity index (χ4n) is 1.54. The average molecular weight is 404 g/mol. The van der Waals surface area contributed by atoms with E-state index in [1.807, 2.05) is 12.3 Å². The molecular formula is C13H12Br2N2OS. The van der Waals surface area contributed by atoms with Gasteiger partial charge in [0.15, 0.2) is 0 Å². The van der Waals surface area contributed by atoms with Crippen LogP contribution in [0.4, 0.5) is 0 Å². The molecule has 3 nitrogen and oxygen atoms in total. The minimum Gasteiger partial charge on any atom is -0.346 e. The Hall–Kier alpha value is -0.720. The summed E-state index contributed by atoms with van der Waals surface area (Å²) >= 11 is 8.37. The summed E-state index contributed by atoms with van der Waals surface area (Å²) in [6.45, 7) is 2.56. The molecule has 0 saturated heterocycles. The molecule has 1 N–H and O–H groups in total. The van der Waals surface area contributed by atoms with Crippen LogP contribution in [0.3, 0.4) is 0 Å². The highest BCUT2D eigenvalue weighted by Crippen LogP contribution is 2.20. The third-order valence-electron chi connectivity index (χ3n) is 2.47. The lowest BCUT2D eigenvalue weighted by Crippen LogP contribution is -2.22. The predicted molar refractivity (Wildman–Crippen MR) is 84.5 cm³/mol. The van der Waals surface area contributed by atoms with E-state index in [9.17, 15) is 4.79 Å². The molecule has 0 atom stereocenters. The van der Waals surface area contributed by atoms with Crippen LogP contribution in [0.25, 0.3) is 0 Å². The maximum absolute atomic E-state index is 12.0. The maximum Gasteiger partial charge on any atom is 0.251 e. The van der Waals surface area contributed by atoms with Gasteiger partial charge in [0.05, 0.1) is 6.54 Å². The van der Waals surface area contributed by atoms with Crippen LogP contribution in [0, 0.1) is 0 Å². The van der Waals surface area contributed by atoms with Gasteiger partial charge in [0.1, 0.15) is 5.01 Å². The van der Waals surface area contributed by atoms with Crippen molar-refractivity contribution in [2.75, 3.05) is 0 Å². The zero-order chi connectivity index (χ0) is 13.8. The summed E-state index contributed by atoms with van der Waals surface area (Å²) in [6.07, 6.45) is 2.84. The second kappa shape index (κ2) is 6.63. The van der Waals surface area contributed by atoms with Crippen molar-refractivity contribution in [3.8, 4) is 0 Å². The summed E-state index contributed by atoms with van der Waals surface area (Å²) in [7, 11) is 0. The van der Waals surface area contributed by atoms with E-state index in [0.717, 1.165) is 20.4 Å². The lowest BCUT2D eigenvalue weighted by molar-refractivity contribution is 0.0950. The van der Waals surface area contributed by atoms with Crippen molar-refractivity contribution in [1.29, 1.82) is 0 Å². The van der Waals surface area contributed by atoms with Gasteiger partial charge in [-0.25, -0.2) is 4.98 Å². The Morgan fingerprint density at radius 1 is 1.32 bits per heavy atom. The van der Waals surface area contributed by atoms with Crippen LogP contribution in [0.2, 0.25) is 0 Å². The van der Waals surface area contributed by atoms with Crippen LogP contribution in [-0.2, 0) is 13.0 Å². The summed E-state index contributed by atoms with van der Waals surface area (Å²) in [5.74, 6) is -0.102. The lowest BCUT2D eigenvalue weighted by Gasteiger charge is -2.04. The number of benzene rings is 1. The average Bonchev–Trinajstić information content (AvgIpc) is 2.82. The third-order valence-corrected chi connectivity index (χ3v) is 4.53. The first kappa shape index (κ1) is 14.7. The Kier molecular flexibility index (Phi) is 5.13. The number of hydrogen-bond acceptors (Lipinski definition) is 3. The summed E-state index contributed by atoms with van der Waals surface area (Å²) < 4.78 is 1.74. The molecule has 1 amide bonds. The number of amides is 1. The van der Waals surface area contributed by atoms with Crippen molar-refractivity contribution < 1.29 is 4.79 Å². The summed E-state index contributed by atoms with van der Waals surface area (Å²) in [4.78, 5) is 17.5. The van der Waals surface area contributed by atoms with Gasteiger partial charge in [0, 0.05) is 25.6 Å². The number of nitrogens with one attached hydrogen (secondary N) is 1. The predicted octanol–water partition coefficient (Wildman–Crippen LogP) is 4.16. The van der Waals surface area contributed by atoms with Crippen molar-refractivity contribution in [1.82, 2.24) is 10.3 Å². The molecule has 0 fully saturated rings. The van der Waals surface area contributed by atoms with E-state index in [1.54, 1.807) is 23.5 Å². The van der Waals surface area contributed by atoms with E-state index in [4.69, 9.17) is 0 Å². The molecule has 0 bridgehead atoms. The monoisotopic (exact) mass is 402 g/mol. The van der Waals surface area contributed by atoms with Gasteiger partial charge in [0.25, 0.3) is 5.91 Å². The van der Waals surface area contributed by atoms with Crippen LogP contribution >= 0.6 is 43.2 Å². The number of rotatable bonds is 4. The molecule has 19 heavy (non-hydrogen) atoms. The van der Waals surface area contributed by atoms with Crippen LogP contribution in [0.15, 0.2) is 33.3 Å². The van der Waals surface area contributed by atoms with E-state index >= 15 is 0 Å². The molecule has 2 rings (SSSR count). The number of carbonyl (C=O) groups is 1. The Labute approximate surface area is 132 Å². The quantitative estimate of drug-likeness (QED) is 0.832. The zero-order valence-corrected chi connectivity index (χ0v) is 14.2. The van der Waals surface area contributed by atoms with E-state index in [-0.39, 0.29) is 5.91 Å². The highest BCUT2D eigenvalue weighted by Gasteiger charge is 2.08. The van der Waals surface area contributed by atoms with Gasteiger partial charge >= 0.3 is 0 Å². The Balaban J connectivity index is 2.00. The van der Waals surface area contributed by atoms with Crippen molar-refractivity contribution in [3.05, 3.63) is 48.8 Å². The number of hydrogen-bond donors (Lipinski definition) is 1. The van der Waals surface area contributed by atoms with Crippen molar-refractivity contribution in [2.24, 2.45) is 0 Å². The smallest absolute Gasteiger partial charge is 0.251 e. The van der Waals surface area contributed by atoms with Crippen LogP contribution in [-0.4, -0.2) is 10.9 Å². The SMILES string of the molecule is CCc1cnc(CNC(=O)c2cc(Br)cc(Br)c2)s1. The van der Waals surface area contributed by atoms with Gasteiger partial charge < -0.3 is 5.32 Å². The molecule has 100 valence electrons. The van der Waals surface area contributed by atoms with E-state index < -0.39 is 0 Å². The minimum atomic E-state index is -0.102. The van der Waals surface area contributed by atoms with Crippen LogP contribution in [0.5, 0.6) is 0 Å². The second-order valence-electron chi connectivity index (χ2n) is 3.91. The van der Waals surface area contributed by atoms with Gasteiger partial charge in [-0.15, -0.1) is 11.3 Å². The standard InChI is InChI=1S/C13H12Br2N2OS/c1-2-11-6-16-12(19-11)7-17-13(18)8-3-9(14)5-10(15)4-8/h3-6H,2,7H2,1H3,(H,17,18). The number of halogens is 2. The molecule has 0 aliphatic heterocycles. The molecule has 6 heteroatoms. The summed E-state index contributed by atoms with van der Waals surface area (Å²) in [6, 6.07) is 5.48. The number of aryl methyl sites for hydroxylation is 1. The summed E-state index contributed by atoms with van der Waals surface area (Å²) in [5, 5.41) is 3.80. The van der Waals surface area contributed by atoms with Gasteiger partial charge in [-0.3, -0.25) is 4.79 Å². The highest BCUT2D eigenvalue weighted by molar-refractivity contribution is 9.11. The molecule has 0 unspecified atom stereocenters. The van der Waals surface area contributed by atoms with Gasteiger partial charge in [-0.2, -0.15) is 0 Å². The lowest BCUT2D eigenvalue weighted by atomic mass is 10.2. The molecule has 0 spiro atoms. The number of thiazole rings is 1. The fourth-order valence-corrected chi connectivity index (χ4v) is 3.63. The summed E-state index contributed by atoms with van der Waals surface area (Å²) in [5.41, 5.74) is 0.619.